The van der Waals surface area contributed by atoms with Crippen molar-refractivity contribution in [2.75, 3.05) is 32.7 Å². The maximum absolute atomic E-state index is 12.6. The molecular weight excluding hydrogens is 283 g/mol. The van der Waals surface area contributed by atoms with E-state index in [1.54, 1.807) is 4.90 Å². The molecule has 4 nitrogen and oxygen atoms in total. The molecule has 2 fully saturated rings. The van der Waals surface area contributed by atoms with Crippen molar-refractivity contribution >= 4 is 5.91 Å². The second kappa shape index (κ2) is 6.12. The van der Waals surface area contributed by atoms with Crippen molar-refractivity contribution < 1.29 is 18.0 Å². The molecule has 0 aromatic heterocycles. The number of hydrogen-bond donors (Lipinski definition) is 1. The molecule has 2 unspecified atom stereocenters. The van der Waals surface area contributed by atoms with Crippen molar-refractivity contribution in [1.29, 1.82) is 0 Å². The summed E-state index contributed by atoms with van der Waals surface area (Å²) in [6.45, 7) is 2.38. The van der Waals surface area contributed by atoms with Crippen LogP contribution in [0.1, 0.15) is 32.6 Å². The van der Waals surface area contributed by atoms with Gasteiger partial charge in [-0.3, -0.25) is 9.69 Å². The summed E-state index contributed by atoms with van der Waals surface area (Å²) in [6, 6.07) is 0. The minimum absolute atomic E-state index is 0.0827. The summed E-state index contributed by atoms with van der Waals surface area (Å²) in [6.07, 6.45) is -0.795. The molecule has 2 rings (SSSR count). The molecule has 1 heterocycles. The van der Waals surface area contributed by atoms with Gasteiger partial charge in [-0.25, -0.2) is 0 Å². The molecule has 1 aliphatic carbocycles. The van der Waals surface area contributed by atoms with Crippen molar-refractivity contribution in [2.45, 2.75) is 44.3 Å². The molecule has 2 atom stereocenters. The Labute approximate surface area is 123 Å². The van der Waals surface area contributed by atoms with E-state index >= 15 is 0 Å². The number of amides is 1. The largest absolute Gasteiger partial charge is 0.401 e. The molecule has 1 amide bonds. The summed E-state index contributed by atoms with van der Waals surface area (Å²) in [4.78, 5) is 15.6. The average molecular weight is 307 g/mol. The van der Waals surface area contributed by atoms with Gasteiger partial charge in [0.1, 0.15) is 0 Å². The second-order valence-corrected chi connectivity index (χ2v) is 6.54. The van der Waals surface area contributed by atoms with E-state index in [0.717, 1.165) is 12.8 Å². The van der Waals surface area contributed by atoms with Gasteiger partial charge in [-0.2, -0.15) is 13.2 Å². The first-order valence-electron chi connectivity index (χ1n) is 7.57. The highest BCUT2D eigenvalue weighted by Gasteiger charge is 2.41. The number of hydrogen-bond acceptors (Lipinski definition) is 3. The fourth-order valence-electron chi connectivity index (χ4n) is 3.46. The van der Waals surface area contributed by atoms with Crippen LogP contribution in [-0.2, 0) is 4.79 Å². The molecule has 2 aliphatic rings. The number of rotatable bonds is 2. The quantitative estimate of drug-likeness (QED) is 0.843. The molecule has 0 bridgehead atoms. The number of nitrogens with two attached hydrogens (primary N) is 1. The highest BCUT2D eigenvalue weighted by Crippen LogP contribution is 2.32. The number of halogens is 3. The normalized spacial score (nSPS) is 32.2. The van der Waals surface area contributed by atoms with E-state index in [1.807, 2.05) is 0 Å². The zero-order valence-electron chi connectivity index (χ0n) is 12.5. The van der Waals surface area contributed by atoms with E-state index in [9.17, 15) is 18.0 Å². The van der Waals surface area contributed by atoms with Crippen LogP contribution in [-0.4, -0.2) is 60.1 Å². The molecule has 0 spiro atoms. The molecule has 0 radical (unpaired) electrons. The lowest BCUT2D eigenvalue weighted by Crippen LogP contribution is -2.61. The minimum Gasteiger partial charge on any atom is -0.339 e. The SMILES string of the molecule is CC1CCCC(N)(C(=O)N2CCN(CC(F)(F)F)CC2)C1. The Morgan fingerprint density at radius 1 is 1.29 bits per heavy atom. The van der Waals surface area contributed by atoms with Crippen molar-refractivity contribution in [2.24, 2.45) is 11.7 Å². The van der Waals surface area contributed by atoms with Crippen LogP contribution in [0.2, 0.25) is 0 Å². The highest BCUT2D eigenvalue weighted by molar-refractivity contribution is 5.86. The first kappa shape index (κ1) is 16.5. The average Bonchev–Trinajstić information content (AvgIpc) is 2.36. The zero-order valence-corrected chi connectivity index (χ0v) is 12.5. The summed E-state index contributed by atoms with van der Waals surface area (Å²) in [5.41, 5.74) is 5.46. The molecule has 7 heteroatoms. The Kier molecular flexibility index (Phi) is 4.82. The van der Waals surface area contributed by atoms with Gasteiger partial charge in [-0.15, -0.1) is 0 Å². The fourth-order valence-corrected chi connectivity index (χ4v) is 3.46. The first-order valence-corrected chi connectivity index (χ1v) is 7.57. The van der Waals surface area contributed by atoms with Gasteiger partial charge in [0.15, 0.2) is 0 Å². The maximum Gasteiger partial charge on any atom is 0.401 e. The molecule has 1 aliphatic heterocycles. The summed E-state index contributed by atoms with van der Waals surface area (Å²) >= 11 is 0. The lowest BCUT2D eigenvalue weighted by Gasteiger charge is -2.42. The van der Waals surface area contributed by atoms with Crippen molar-refractivity contribution in [3.05, 3.63) is 0 Å². The summed E-state index contributed by atoms with van der Waals surface area (Å²) < 4.78 is 37.0. The molecule has 0 aromatic carbocycles. The van der Waals surface area contributed by atoms with E-state index in [-0.39, 0.29) is 19.0 Å². The number of carbonyl (C=O) groups excluding carboxylic acids is 1. The van der Waals surface area contributed by atoms with Gasteiger partial charge >= 0.3 is 6.18 Å². The van der Waals surface area contributed by atoms with Gasteiger partial charge in [-0.1, -0.05) is 19.8 Å². The summed E-state index contributed by atoms with van der Waals surface area (Å²) in [7, 11) is 0. The first-order chi connectivity index (χ1) is 9.70. The lowest BCUT2D eigenvalue weighted by molar-refractivity contribution is -0.153. The van der Waals surface area contributed by atoms with Crippen LogP contribution in [0.3, 0.4) is 0 Å². The van der Waals surface area contributed by atoms with Gasteiger partial charge in [0, 0.05) is 26.2 Å². The van der Waals surface area contributed by atoms with Crippen LogP contribution in [0.15, 0.2) is 0 Å². The third-order valence-corrected chi connectivity index (χ3v) is 4.52. The van der Waals surface area contributed by atoms with Crippen LogP contribution in [0.4, 0.5) is 13.2 Å². The Morgan fingerprint density at radius 3 is 2.43 bits per heavy atom. The van der Waals surface area contributed by atoms with Crippen LogP contribution >= 0.6 is 0 Å². The Hall–Kier alpha value is -0.820. The maximum atomic E-state index is 12.6. The van der Waals surface area contributed by atoms with Crippen molar-refractivity contribution in [1.82, 2.24) is 9.80 Å². The summed E-state index contributed by atoms with van der Waals surface area (Å²) in [5.74, 6) is 0.347. The Morgan fingerprint density at radius 2 is 1.90 bits per heavy atom. The van der Waals surface area contributed by atoms with Crippen LogP contribution in [0, 0.1) is 5.92 Å². The molecule has 1 saturated heterocycles. The zero-order chi connectivity index (χ0) is 15.7. The number of carbonyl (C=O) groups is 1. The van der Waals surface area contributed by atoms with Gasteiger partial charge in [0.25, 0.3) is 0 Å². The number of alkyl halides is 3. The smallest absolute Gasteiger partial charge is 0.339 e. The monoisotopic (exact) mass is 307 g/mol. The molecule has 21 heavy (non-hydrogen) atoms. The third kappa shape index (κ3) is 4.32. The van der Waals surface area contributed by atoms with E-state index in [0.29, 0.717) is 31.8 Å². The number of nitrogens with zero attached hydrogens (tertiary/aromatic N) is 2. The van der Waals surface area contributed by atoms with Crippen LogP contribution in [0.5, 0.6) is 0 Å². The van der Waals surface area contributed by atoms with E-state index in [4.69, 9.17) is 5.73 Å². The van der Waals surface area contributed by atoms with E-state index in [2.05, 4.69) is 6.92 Å². The van der Waals surface area contributed by atoms with Gasteiger partial charge in [-0.05, 0) is 18.8 Å². The second-order valence-electron chi connectivity index (χ2n) is 6.54. The standard InChI is InChI=1S/C14H24F3N3O/c1-11-3-2-4-13(18,9-11)12(21)20-7-5-19(6-8-20)10-14(15,16)17/h11H,2-10,18H2,1H3. The summed E-state index contributed by atoms with van der Waals surface area (Å²) in [5, 5.41) is 0. The molecule has 0 aromatic rings. The lowest BCUT2D eigenvalue weighted by atomic mass is 9.76. The fraction of sp³-hybridized carbons (Fsp3) is 0.929. The van der Waals surface area contributed by atoms with Crippen LogP contribution < -0.4 is 5.73 Å². The third-order valence-electron chi connectivity index (χ3n) is 4.52. The van der Waals surface area contributed by atoms with Crippen LogP contribution in [0.25, 0.3) is 0 Å². The number of piperazine rings is 1. The van der Waals surface area contributed by atoms with E-state index < -0.39 is 18.3 Å². The minimum atomic E-state index is -4.18. The molecule has 2 N–H and O–H groups in total. The Balaban J connectivity index is 1.88. The highest BCUT2D eigenvalue weighted by atomic mass is 19.4. The predicted octanol–water partition coefficient (Wildman–Crippen LogP) is 1.60. The van der Waals surface area contributed by atoms with E-state index in [1.165, 1.54) is 4.90 Å². The molecule has 1 saturated carbocycles. The van der Waals surface area contributed by atoms with Crippen molar-refractivity contribution in [3.8, 4) is 0 Å². The predicted molar refractivity (Wildman–Crippen MR) is 73.6 cm³/mol. The topological polar surface area (TPSA) is 49.6 Å². The molecular formula is C14H24F3N3O. The van der Waals surface area contributed by atoms with Crippen molar-refractivity contribution in [3.63, 3.8) is 0 Å². The van der Waals surface area contributed by atoms with Gasteiger partial charge < -0.3 is 10.6 Å². The van der Waals surface area contributed by atoms with Gasteiger partial charge in [0.2, 0.25) is 5.91 Å². The van der Waals surface area contributed by atoms with Gasteiger partial charge in [0.05, 0.1) is 12.1 Å². The Bertz CT molecular complexity index is 380. The molecule has 122 valence electrons.